The first kappa shape index (κ1) is 13.8. The van der Waals surface area contributed by atoms with Gasteiger partial charge in [0.1, 0.15) is 17.4 Å². The van der Waals surface area contributed by atoms with Crippen LogP contribution in [-0.2, 0) is 0 Å². The third-order valence-electron chi connectivity index (χ3n) is 2.79. The molecule has 2 nitrogen and oxygen atoms in total. The van der Waals surface area contributed by atoms with Crippen LogP contribution < -0.4 is 5.32 Å². The second kappa shape index (κ2) is 5.57. The zero-order valence-electron chi connectivity index (χ0n) is 10.1. The first-order chi connectivity index (χ1) is 8.99. The van der Waals surface area contributed by atoms with E-state index in [9.17, 15) is 13.9 Å². The van der Waals surface area contributed by atoms with E-state index in [4.69, 9.17) is 0 Å². The lowest BCUT2D eigenvalue weighted by atomic mass is 10.1. The highest BCUT2D eigenvalue weighted by molar-refractivity contribution is 9.10. The molecule has 2 aromatic rings. The van der Waals surface area contributed by atoms with Crippen molar-refractivity contribution in [1.82, 2.24) is 0 Å². The van der Waals surface area contributed by atoms with Crippen LogP contribution in [0.4, 0.5) is 14.5 Å². The SMILES string of the molecule is CC(Nc1cc(Br)c(F)cc1F)c1ccccc1O. The molecule has 0 amide bonds. The first-order valence-electron chi connectivity index (χ1n) is 5.68. The molecule has 0 spiro atoms. The van der Waals surface area contributed by atoms with Gasteiger partial charge in [-0.15, -0.1) is 0 Å². The fourth-order valence-electron chi connectivity index (χ4n) is 1.80. The van der Waals surface area contributed by atoms with Gasteiger partial charge in [0.15, 0.2) is 0 Å². The molecule has 1 unspecified atom stereocenters. The molecule has 0 aliphatic heterocycles. The quantitative estimate of drug-likeness (QED) is 0.807. The van der Waals surface area contributed by atoms with Gasteiger partial charge in [-0.3, -0.25) is 0 Å². The van der Waals surface area contributed by atoms with Crippen molar-refractivity contribution in [3.8, 4) is 5.75 Å². The molecular formula is C14H12BrF2NO. The third-order valence-corrected chi connectivity index (χ3v) is 3.39. The topological polar surface area (TPSA) is 32.3 Å². The predicted octanol–water partition coefficient (Wildman–Crippen LogP) is 4.61. The van der Waals surface area contributed by atoms with E-state index in [1.807, 2.05) is 0 Å². The summed E-state index contributed by atoms with van der Waals surface area (Å²) >= 11 is 3.01. The average Bonchev–Trinajstić information content (AvgIpc) is 2.36. The fraction of sp³-hybridized carbons (Fsp3) is 0.143. The van der Waals surface area contributed by atoms with Crippen LogP contribution in [0.15, 0.2) is 40.9 Å². The standard InChI is InChI=1S/C14H12BrF2NO/c1-8(9-4-2-3-5-14(9)19)18-13-6-10(15)11(16)7-12(13)17/h2-8,18-19H,1H3. The number of phenolic OH excluding ortho intramolecular Hbond substituents is 1. The van der Waals surface area contributed by atoms with Gasteiger partial charge in [-0.1, -0.05) is 18.2 Å². The molecule has 0 saturated carbocycles. The molecule has 0 saturated heterocycles. The number of benzene rings is 2. The average molecular weight is 328 g/mol. The van der Waals surface area contributed by atoms with Crippen molar-refractivity contribution in [2.75, 3.05) is 5.32 Å². The number of phenols is 1. The number of rotatable bonds is 3. The predicted molar refractivity (Wildman–Crippen MR) is 74.2 cm³/mol. The van der Waals surface area contributed by atoms with Crippen molar-refractivity contribution in [1.29, 1.82) is 0 Å². The minimum absolute atomic E-state index is 0.129. The molecule has 100 valence electrons. The largest absolute Gasteiger partial charge is 0.508 e. The highest BCUT2D eigenvalue weighted by atomic mass is 79.9. The Morgan fingerprint density at radius 1 is 1.16 bits per heavy atom. The summed E-state index contributed by atoms with van der Waals surface area (Å²) in [7, 11) is 0. The highest BCUT2D eigenvalue weighted by Gasteiger charge is 2.13. The summed E-state index contributed by atoms with van der Waals surface area (Å²) in [6.45, 7) is 1.78. The zero-order valence-corrected chi connectivity index (χ0v) is 11.7. The van der Waals surface area contributed by atoms with Crippen molar-refractivity contribution in [2.24, 2.45) is 0 Å². The van der Waals surface area contributed by atoms with Gasteiger partial charge in [0, 0.05) is 11.6 Å². The van der Waals surface area contributed by atoms with Gasteiger partial charge >= 0.3 is 0 Å². The number of halogens is 3. The van der Waals surface area contributed by atoms with Crippen LogP contribution in [0.2, 0.25) is 0 Å². The van der Waals surface area contributed by atoms with Crippen molar-refractivity contribution < 1.29 is 13.9 Å². The van der Waals surface area contributed by atoms with Crippen molar-refractivity contribution >= 4 is 21.6 Å². The molecule has 2 rings (SSSR count). The van der Waals surface area contributed by atoms with E-state index in [2.05, 4.69) is 21.2 Å². The Morgan fingerprint density at radius 2 is 1.84 bits per heavy atom. The van der Waals surface area contributed by atoms with Crippen LogP contribution >= 0.6 is 15.9 Å². The maximum Gasteiger partial charge on any atom is 0.149 e. The number of anilines is 1. The van der Waals surface area contributed by atoms with Gasteiger partial charge in [-0.2, -0.15) is 0 Å². The van der Waals surface area contributed by atoms with Crippen LogP contribution in [0.3, 0.4) is 0 Å². The summed E-state index contributed by atoms with van der Waals surface area (Å²) in [5, 5.41) is 12.6. The lowest BCUT2D eigenvalue weighted by Gasteiger charge is -2.17. The Bertz CT molecular complexity index is 604. The van der Waals surface area contributed by atoms with E-state index in [1.165, 1.54) is 6.07 Å². The van der Waals surface area contributed by atoms with Crippen molar-refractivity contribution in [2.45, 2.75) is 13.0 Å². The molecule has 0 bridgehead atoms. The summed E-state index contributed by atoms with van der Waals surface area (Å²) in [5.74, 6) is -1.20. The number of para-hydroxylation sites is 1. The normalized spacial score (nSPS) is 12.2. The molecule has 0 radical (unpaired) electrons. The van der Waals surface area contributed by atoms with E-state index in [1.54, 1.807) is 31.2 Å². The second-order valence-electron chi connectivity index (χ2n) is 4.17. The number of hydrogen-bond donors (Lipinski definition) is 2. The van der Waals surface area contributed by atoms with Gasteiger partial charge in [0.25, 0.3) is 0 Å². The monoisotopic (exact) mass is 327 g/mol. The Balaban J connectivity index is 2.27. The van der Waals surface area contributed by atoms with Crippen molar-refractivity contribution in [3.05, 3.63) is 58.1 Å². The molecule has 0 aliphatic carbocycles. The van der Waals surface area contributed by atoms with Crippen LogP contribution in [0.5, 0.6) is 5.75 Å². The molecule has 0 aromatic heterocycles. The molecule has 0 heterocycles. The van der Waals surface area contributed by atoms with Gasteiger partial charge in [-0.25, -0.2) is 8.78 Å². The first-order valence-corrected chi connectivity index (χ1v) is 6.47. The van der Waals surface area contributed by atoms with Crippen LogP contribution in [0.1, 0.15) is 18.5 Å². The molecule has 5 heteroatoms. The molecule has 1 atom stereocenters. The summed E-state index contributed by atoms with van der Waals surface area (Å²) in [6, 6.07) is 8.62. The minimum atomic E-state index is -0.678. The van der Waals surface area contributed by atoms with Gasteiger partial charge in [-0.05, 0) is 35.0 Å². The van der Waals surface area contributed by atoms with Crippen molar-refractivity contribution in [3.63, 3.8) is 0 Å². The molecule has 0 aliphatic rings. The Hall–Kier alpha value is -1.62. The van der Waals surface area contributed by atoms with Crippen LogP contribution in [0.25, 0.3) is 0 Å². The van der Waals surface area contributed by atoms with Crippen LogP contribution in [0, 0.1) is 11.6 Å². The molecular weight excluding hydrogens is 316 g/mol. The lowest BCUT2D eigenvalue weighted by molar-refractivity contribution is 0.465. The maximum absolute atomic E-state index is 13.6. The van der Waals surface area contributed by atoms with Gasteiger partial charge in [0.2, 0.25) is 0 Å². The maximum atomic E-state index is 13.6. The number of aromatic hydroxyl groups is 1. The zero-order chi connectivity index (χ0) is 14.0. The summed E-state index contributed by atoms with van der Waals surface area (Å²) in [4.78, 5) is 0. The Labute approximate surface area is 118 Å². The Kier molecular flexibility index (Phi) is 4.04. The second-order valence-corrected chi connectivity index (χ2v) is 5.03. The van der Waals surface area contributed by atoms with Crippen LogP contribution in [-0.4, -0.2) is 5.11 Å². The van der Waals surface area contributed by atoms with Gasteiger partial charge in [0.05, 0.1) is 16.2 Å². The molecule has 19 heavy (non-hydrogen) atoms. The van der Waals surface area contributed by atoms with Gasteiger partial charge < -0.3 is 10.4 Å². The molecule has 0 fully saturated rings. The van der Waals surface area contributed by atoms with E-state index in [0.717, 1.165) is 6.07 Å². The number of nitrogens with one attached hydrogen (secondary N) is 1. The van der Waals surface area contributed by atoms with E-state index >= 15 is 0 Å². The summed E-state index contributed by atoms with van der Waals surface area (Å²) in [6.07, 6.45) is 0. The van der Waals surface area contributed by atoms with E-state index in [0.29, 0.717) is 5.56 Å². The van der Waals surface area contributed by atoms with E-state index < -0.39 is 11.6 Å². The smallest absolute Gasteiger partial charge is 0.149 e. The lowest BCUT2D eigenvalue weighted by Crippen LogP contribution is -2.08. The number of hydrogen-bond acceptors (Lipinski definition) is 2. The Morgan fingerprint density at radius 3 is 2.53 bits per heavy atom. The molecule has 2 aromatic carbocycles. The third kappa shape index (κ3) is 3.04. The van der Waals surface area contributed by atoms with E-state index in [-0.39, 0.29) is 22.0 Å². The highest BCUT2D eigenvalue weighted by Crippen LogP contribution is 2.29. The minimum Gasteiger partial charge on any atom is -0.508 e. The molecule has 2 N–H and O–H groups in total. The fourth-order valence-corrected chi connectivity index (χ4v) is 2.14. The summed E-state index contributed by atoms with van der Waals surface area (Å²) in [5.41, 5.74) is 0.811. The summed E-state index contributed by atoms with van der Waals surface area (Å²) < 4.78 is 26.9.